The van der Waals surface area contributed by atoms with E-state index in [2.05, 4.69) is 50.3 Å². The van der Waals surface area contributed by atoms with Crippen LogP contribution in [0, 0.1) is 0 Å². The van der Waals surface area contributed by atoms with E-state index >= 15 is 0 Å². The molecule has 0 aromatic carbocycles. The molecule has 1 aliphatic rings. The number of carbonyl (C=O) groups is 2. The van der Waals surface area contributed by atoms with Crippen LogP contribution in [0.15, 0.2) is 48.6 Å². The first kappa shape index (κ1) is 56.8. The molecule has 0 spiro atoms. The van der Waals surface area contributed by atoms with Crippen molar-refractivity contribution in [1.29, 1.82) is 0 Å². The van der Waals surface area contributed by atoms with Gasteiger partial charge in [-0.05, 0) is 70.6 Å². The molecule has 0 radical (unpaired) electrons. The highest BCUT2D eigenvalue weighted by Gasteiger charge is 2.51. The molecule has 14 heteroatoms. The number of unbranched alkanes of at least 4 members (excludes halogenated alkanes) is 18. The average molecular weight is 887 g/mol. The first-order valence-corrected chi connectivity index (χ1v) is 24.9. The smallest absolute Gasteiger partial charge is 0.462 e. The van der Waals surface area contributed by atoms with E-state index in [-0.39, 0.29) is 12.8 Å². The Morgan fingerprint density at radius 2 is 0.902 bits per heavy atom. The van der Waals surface area contributed by atoms with Gasteiger partial charge in [0.25, 0.3) is 0 Å². The highest BCUT2D eigenvalue weighted by atomic mass is 31.2. The average Bonchev–Trinajstić information content (AvgIpc) is 3.24. The molecule has 61 heavy (non-hydrogen) atoms. The lowest BCUT2D eigenvalue weighted by atomic mass is 9.85. The molecule has 6 N–H and O–H groups in total. The van der Waals surface area contributed by atoms with Gasteiger partial charge < -0.3 is 39.9 Å². The lowest BCUT2D eigenvalue weighted by Crippen LogP contribution is -2.64. The Bertz CT molecular complexity index is 1250. The fraction of sp³-hybridized carbons (Fsp3) is 0.787. The lowest BCUT2D eigenvalue weighted by molar-refractivity contribution is -0.220. The van der Waals surface area contributed by atoms with Gasteiger partial charge in [-0.15, -0.1) is 0 Å². The molecule has 0 amide bonds. The molecule has 13 nitrogen and oxygen atoms in total. The molecule has 1 saturated carbocycles. The van der Waals surface area contributed by atoms with Crippen LogP contribution in [0.2, 0.25) is 0 Å². The van der Waals surface area contributed by atoms with Crippen LogP contribution < -0.4 is 0 Å². The van der Waals surface area contributed by atoms with E-state index < -0.39 is 75.7 Å². The summed E-state index contributed by atoms with van der Waals surface area (Å²) in [5, 5.41) is 50.1. The number of phosphoric ester groups is 1. The fourth-order valence-corrected chi connectivity index (χ4v) is 7.80. The summed E-state index contributed by atoms with van der Waals surface area (Å²) in [6, 6.07) is 0. The summed E-state index contributed by atoms with van der Waals surface area (Å²) in [7, 11) is -5.13. The van der Waals surface area contributed by atoms with E-state index in [4.69, 9.17) is 18.5 Å². The summed E-state index contributed by atoms with van der Waals surface area (Å²) in [6.07, 6.45) is 30.3. The van der Waals surface area contributed by atoms with Crippen molar-refractivity contribution >= 4 is 19.8 Å². The lowest BCUT2D eigenvalue weighted by Gasteiger charge is -2.41. The van der Waals surface area contributed by atoms with E-state index in [0.717, 1.165) is 57.8 Å². The number of rotatable bonds is 38. The predicted molar refractivity (Wildman–Crippen MR) is 239 cm³/mol. The standard InChI is InChI=1S/C47H83O13P/c1-3-5-7-9-11-13-15-17-19-20-22-23-25-27-29-31-33-35-40(48)57-37-39(38-58-61(55,56)60-47-45(53)43(51)42(50)44(52)46(47)54)59-41(49)36-34-32-30-28-26-24-21-18-16-14-12-10-8-6-4-2/h17-19,21-23,27,29,39,42-47,50-54H,3-16,20,24-26,28,30-38H2,1-2H3,(H,55,56)/b19-17-,21-18-,23-22-,29-27-/t39-,42?,43-,44?,45?,46?,47?/m1/s1. The van der Waals surface area contributed by atoms with E-state index in [1.165, 1.54) is 77.0 Å². The van der Waals surface area contributed by atoms with Gasteiger partial charge in [-0.25, -0.2) is 4.57 Å². The van der Waals surface area contributed by atoms with E-state index in [0.29, 0.717) is 19.3 Å². The van der Waals surface area contributed by atoms with Gasteiger partial charge in [-0.3, -0.25) is 18.6 Å². The summed E-state index contributed by atoms with van der Waals surface area (Å²) in [6.45, 7) is 3.23. The zero-order valence-corrected chi connectivity index (χ0v) is 38.3. The molecule has 0 aliphatic heterocycles. The Morgan fingerprint density at radius 1 is 0.508 bits per heavy atom. The van der Waals surface area contributed by atoms with Crippen molar-refractivity contribution in [2.24, 2.45) is 0 Å². The minimum Gasteiger partial charge on any atom is -0.462 e. The van der Waals surface area contributed by atoms with Crippen molar-refractivity contribution in [3.05, 3.63) is 48.6 Å². The van der Waals surface area contributed by atoms with Crippen LogP contribution in [0.4, 0.5) is 0 Å². The summed E-state index contributed by atoms with van der Waals surface area (Å²) in [5.74, 6) is -1.17. The van der Waals surface area contributed by atoms with Crippen LogP contribution in [0.25, 0.3) is 0 Å². The zero-order valence-electron chi connectivity index (χ0n) is 37.4. The van der Waals surface area contributed by atoms with Crippen molar-refractivity contribution < 1.29 is 63.1 Å². The van der Waals surface area contributed by atoms with Crippen molar-refractivity contribution in [3.63, 3.8) is 0 Å². The van der Waals surface area contributed by atoms with Crippen LogP contribution in [0.5, 0.6) is 0 Å². The molecule has 8 atom stereocenters. The molecule has 0 saturated heterocycles. The summed E-state index contributed by atoms with van der Waals surface area (Å²) in [5.41, 5.74) is 0. The van der Waals surface area contributed by atoms with Gasteiger partial charge in [0.05, 0.1) is 6.61 Å². The van der Waals surface area contributed by atoms with Crippen molar-refractivity contribution in [1.82, 2.24) is 0 Å². The van der Waals surface area contributed by atoms with Crippen LogP contribution in [-0.4, -0.2) is 98.3 Å². The Balaban J connectivity index is 2.50. The van der Waals surface area contributed by atoms with Crippen molar-refractivity contribution in [2.45, 2.75) is 224 Å². The molecule has 0 aromatic rings. The largest absolute Gasteiger partial charge is 0.472 e. The Morgan fingerprint density at radius 3 is 1.41 bits per heavy atom. The van der Waals surface area contributed by atoms with Gasteiger partial charge in [0.15, 0.2) is 6.10 Å². The first-order valence-electron chi connectivity index (χ1n) is 23.4. The monoisotopic (exact) mass is 887 g/mol. The number of ether oxygens (including phenoxy) is 2. The maximum absolute atomic E-state index is 12.8. The number of aliphatic hydroxyl groups excluding tert-OH is 5. The second-order valence-corrected chi connectivity index (χ2v) is 17.7. The normalized spacial score (nSPS) is 22.4. The molecule has 0 heterocycles. The number of aliphatic hydroxyl groups is 5. The number of esters is 2. The molecule has 1 rings (SSSR count). The molecule has 1 fully saturated rings. The van der Waals surface area contributed by atoms with Gasteiger partial charge in [0, 0.05) is 12.8 Å². The third-order valence-electron chi connectivity index (χ3n) is 10.6. The van der Waals surface area contributed by atoms with Gasteiger partial charge in [-0.1, -0.05) is 146 Å². The molecule has 1 aliphatic carbocycles. The highest BCUT2D eigenvalue weighted by molar-refractivity contribution is 7.47. The number of allylic oxidation sites excluding steroid dienone is 8. The SMILES string of the molecule is CCCCCCCC/C=C\C/C=C\C/C=C\CCCC(=O)OC[C@H](COP(=O)(O)OC1C(O)C(O)C(O)[C@@H](O)C1O)OC(=O)CCCCCCC/C=C\CCCCCCCC. The second kappa shape index (κ2) is 37.2. The number of hydrogen-bond donors (Lipinski definition) is 6. The Kier molecular flexibility index (Phi) is 34.7. The predicted octanol–water partition coefficient (Wildman–Crippen LogP) is 9.17. The molecule has 354 valence electrons. The first-order chi connectivity index (χ1) is 29.4. The van der Waals surface area contributed by atoms with Crippen LogP contribution in [-0.2, 0) is 32.7 Å². The van der Waals surface area contributed by atoms with E-state index in [9.17, 15) is 44.6 Å². The summed E-state index contributed by atoms with van der Waals surface area (Å²) >= 11 is 0. The van der Waals surface area contributed by atoms with E-state index in [1.54, 1.807) is 0 Å². The molecular formula is C47H83O13P. The van der Waals surface area contributed by atoms with Gasteiger partial charge in [0.1, 0.15) is 43.2 Å². The highest BCUT2D eigenvalue weighted by Crippen LogP contribution is 2.47. The quantitative estimate of drug-likeness (QED) is 0.0148. The molecule has 0 aromatic heterocycles. The summed E-state index contributed by atoms with van der Waals surface area (Å²) in [4.78, 5) is 35.7. The van der Waals surface area contributed by atoms with Crippen LogP contribution in [0.3, 0.4) is 0 Å². The minimum atomic E-state index is -5.13. The zero-order chi connectivity index (χ0) is 45.0. The molecular weight excluding hydrogens is 803 g/mol. The topological polar surface area (TPSA) is 210 Å². The molecule has 0 bridgehead atoms. The van der Waals surface area contributed by atoms with Gasteiger partial charge in [-0.2, -0.15) is 0 Å². The number of hydrogen-bond acceptors (Lipinski definition) is 12. The molecule has 6 unspecified atom stereocenters. The van der Waals surface area contributed by atoms with E-state index in [1.807, 2.05) is 12.2 Å². The van der Waals surface area contributed by atoms with Crippen molar-refractivity contribution in [3.8, 4) is 0 Å². The Labute approximate surface area is 367 Å². The second-order valence-electron chi connectivity index (χ2n) is 16.3. The fourth-order valence-electron chi connectivity index (χ4n) is 6.83. The summed E-state index contributed by atoms with van der Waals surface area (Å²) < 4.78 is 33.5. The third-order valence-corrected chi connectivity index (χ3v) is 11.6. The van der Waals surface area contributed by atoms with Crippen LogP contribution >= 0.6 is 7.82 Å². The van der Waals surface area contributed by atoms with Crippen molar-refractivity contribution in [2.75, 3.05) is 13.2 Å². The van der Waals surface area contributed by atoms with Gasteiger partial charge in [0.2, 0.25) is 0 Å². The van der Waals surface area contributed by atoms with Crippen LogP contribution in [0.1, 0.15) is 181 Å². The maximum atomic E-state index is 12.8. The number of phosphoric acid groups is 1. The Hall–Kier alpha value is -2.19. The maximum Gasteiger partial charge on any atom is 0.472 e. The number of carbonyl (C=O) groups excluding carboxylic acids is 2. The minimum absolute atomic E-state index is 0.0753. The third kappa shape index (κ3) is 29.7. The van der Waals surface area contributed by atoms with Gasteiger partial charge >= 0.3 is 19.8 Å².